The average Bonchev–Trinajstić information content (AvgIpc) is 2.72. The van der Waals surface area contributed by atoms with E-state index in [-0.39, 0.29) is 0 Å². The number of anilines is 1. The van der Waals surface area contributed by atoms with Crippen molar-refractivity contribution in [2.24, 2.45) is 0 Å². The van der Waals surface area contributed by atoms with Crippen molar-refractivity contribution in [3.8, 4) is 11.5 Å². The molecule has 0 aliphatic carbocycles. The zero-order valence-electron chi connectivity index (χ0n) is 16.7. The molecule has 0 fully saturated rings. The van der Waals surface area contributed by atoms with Crippen LogP contribution in [0.15, 0.2) is 42.5 Å². The fourth-order valence-electron chi connectivity index (χ4n) is 2.90. The third-order valence-corrected chi connectivity index (χ3v) is 4.51. The van der Waals surface area contributed by atoms with E-state index in [1.165, 1.54) is 0 Å². The number of benzene rings is 2. The number of halogens is 3. The number of nitro groups is 1. The Morgan fingerprint density at radius 2 is 1.78 bits per heavy atom. The predicted molar refractivity (Wildman–Crippen MR) is 103 cm³/mol. The minimum absolute atomic E-state index is 0.297. The van der Waals surface area contributed by atoms with E-state index in [2.05, 4.69) is 0 Å². The van der Waals surface area contributed by atoms with Crippen LogP contribution in [-0.2, 0) is 20.5 Å². The summed E-state index contributed by atoms with van der Waals surface area (Å²) in [6, 6.07) is 8.47. The summed E-state index contributed by atoms with van der Waals surface area (Å²) in [7, 11) is 0. The molecule has 1 N–H and O–H groups in total. The molecule has 2 aromatic carbocycles. The van der Waals surface area contributed by atoms with Gasteiger partial charge in [-0.2, -0.15) is 13.2 Å². The fourth-order valence-corrected chi connectivity index (χ4v) is 2.90. The number of rotatable bonds is 5. The summed E-state index contributed by atoms with van der Waals surface area (Å²) in [5, 5.41) is 12.8. The van der Waals surface area contributed by atoms with Crippen molar-refractivity contribution in [2.45, 2.75) is 38.3 Å². The minimum Gasteiger partial charge on any atom is -0.482 e. The van der Waals surface area contributed by atoms with Crippen LogP contribution in [0.25, 0.3) is 0 Å². The van der Waals surface area contributed by atoms with Crippen LogP contribution in [0.1, 0.15) is 19.4 Å². The topological polar surface area (TPSA) is 117 Å². The number of alkyl halides is 3. The van der Waals surface area contributed by atoms with Crippen LogP contribution in [-0.4, -0.2) is 35.1 Å². The highest BCUT2D eigenvalue weighted by Crippen LogP contribution is 2.37. The van der Waals surface area contributed by atoms with Crippen molar-refractivity contribution >= 4 is 23.3 Å². The first-order valence-electron chi connectivity index (χ1n) is 9.26. The molecule has 12 heteroatoms. The summed E-state index contributed by atoms with van der Waals surface area (Å²) in [5.74, 6) is -1.30. The normalized spacial score (nSPS) is 18.4. The quantitative estimate of drug-likeness (QED) is 0.416. The largest absolute Gasteiger partial charge is 0.482 e. The first-order valence-corrected chi connectivity index (χ1v) is 9.26. The highest BCUT2D eigenvalue weighted by molar-refractivity contribution is 5.96. The van der Waals surface area contributed by atoms with Crippen LogP contribution in [0.2, 0.25) is 0 Å². The Hall–Kier alpha value is -3.83. The SMILES string of the molecule is CC(OC(=O)C1Oc2ccccc2OC1C)C(=O)Nc1ccc([N+](=O)[O-])cc1C(F)(F)F. The van der Waals surface area contributed by atoms with Gasteiger partial charge in [-0.1, -0.05) is 12.1 Å². The first-order chi connectivity index (χ1) is 15.0. The standard InChI is InChI=1S/C20H17F3N2O7/c1-10-17(32-16-6-4-3-5-15(16)30-10)19(27)31-11(2)18(26)24-14-8-7-12(25(28)29)9-13(14)20(21,22)23/h3-11,17H,1-2H3,(H,24,26). The molecule has 1 heterocycles. The van der Waals surface area contributed by atoms with Crippen molar-refractivity contribution < 1.29 is 41.9 Å². The number of nitrogens with zero attached hydrogens (tertiary/aromatic N) is 1. The molecule has 0 bridgehead atoms. The highest BCUT2D eigenvalue weighted by Gasteiger charge is 2.38. The average molecular weight is 454 g/mol. The molecular formula is C20H17F3N2O7. The molecule has 3 rings (SSSR count). The molecular weight excluding hydrogens is 437 g/mol. The summed E-state index contributed by atoms with van der Waals surface area (Å²) in [4.78, 5) is 34.6. The van der Waals surface area contributed by atoms with Crippen molar-refractivity contribution in [1.82, 2.24) is 0 Å². The van der Waals surface area contributed by atoms with Gasteiger partial charge in [0.25, 0.3) is 11.6 Å². The zero-order chi connectivity index (χ0) is 23.6. The number of non-ortho nitro benzene ring substituents is 1. The Kier molecular flexibility index (Phi) is 6.23. The zero-order valence-corrected chi connectivity index (χ0v) is 16.7. The Morgan fingerprint density at radius 1 is 1.16 bits per heavy atom. The smallest absolute Gasteiger partial charge is 0.418 e. The van der Waals surface area contributed by atoms with Gasteiger partial charge < -0.3 is 19.5 Å². The van der Waals surface area contributed by atoms with E-state index in [1.54, 1.807) is 31.2 Å². The highest BCUT2D eigenvalue weighted by atomic mass is 19.4. The molecule has 1 amide bonds. The number of carbonyl (C=O) groups excluding carboxylic acids is 2. The Labute approximate surface area is 179 Å². The summed E-state index contributed by atoms with van der Waals surface area (Å²) >= 11 is 0. The van der Waals surface area contributed by atoms with Gasteiger partial charge in [-0.3, -0.25) is 14.9 Å². The van der Waals surface area contributed by atoms with Crippen LogP contribution >= 0.6 is 0 Å². The van der Waals surface area contributed by atoms with E-state index in [9.17, 15) is 32.9 Å². The van der Waals surface area contributed by atoms with Gasteiger partial charge in [0, 0.05) is 12.1 Å². The summed E-state index contributed by atoms with van der Waals surface area (Å²) < 4.78 is 56.0. The molecule has 0 saturated heterocycles. The van der Waals surface area contributed by atoms with Gasteiger partial charge in [-0.15, -0.1) is 0 Å². The van der Waals surface area contributed by atoms with E-state index in [4.69, 9.17) is 14.2 Å². The van der Waals surface area contributed by atoms with Crippen molar-refractivity contribution in [3.05, 3.63) is 58.1 Å². The van der Waals surface area contributed by atoms with Gasteiger partial charge in [-0.25, -0.2) is 4.79 Å². The molecule has 3 atom stereocenters. The molecule has 1 aliphatic rings. The molecule has 3 unspecified atom stereocenters. The number of nitro benzene ring substituents is 1. The molecule has 0 radical (unpaired) electrons. The maximum Gasteiger partial charge on any atom is 0.418 e. The van der Waals surface area contributed by atoms with E-state index >= 15 is 0 Å². The molecule has 1 aliphatic heterocycles. The third-order valence-electron chi connectivity index (χ3n) is 4.51. The minimum atomic E-state index is -4.97. The van der Waals surface area contributed by atoms with Crippen LogP contribution in [0.3, 0.4) is 0 Å². The van der Waals surface area contributed by atoms with E-state index in [0.717, 1.165) is 19.1 Å². The summed E-state index contributed by atoms with van der Waals surface area (Å²) in [6.07, 6.45) is -8.42. The van der Waals surface area contributed by atoms with Gasteiger partial charge in [0.15, 0.2) is 17.6 Å². The van der Waals surface area contributed by atoms with Crippen molar-refractivity contribution in [3.63, 3.8) is 0 Å². The van der Waals surface area contributed by atoms with Gasteiger partial charge >= 0.3 is 12.1 Å². The number of nitrogens with one attached hydrogen (secondary N) is 1. The Bertz CT molecular complexity index is 1060. The van der Waals surface area contributed by atoms with Gasteiger partial charge in [0.05, 0.1) is 16.2 Å². The molecule has 0 saturated carbocycles. The lowest BCUT2D eigenvalue weighted by molar-refractivity contribution is -0.385. The second-order valence-corrected chi connectivity index (χ2v) is 6.86. The number of para-hydroxylation sites is 2. The molecule has 0 aromatic heterocycles. The van der Waals surface area contributed by atoms with Gasteiger partial charge in [0.2, 0.25) is 6.10 Å². The second kappa shape index (κ2) is 8.73. The molecule has 32 heavy (non-hydrogen) atoms. The van der Waals surface area contributed by atoms with Crippen LogP contribution in [0, 0.1) is 10.1 Å². The lowest BCUT2D eigenvalue weighted by Gasteiger charge is -2.31. The fraction of sp³-hybridized carbons (Fsp3) is 0.300. The number of fused-ring (bicyclic) bond motifs is 1. The van der Waals surface area contributed by atoms with Crippen LogP contribution in [0.4, 0.5) is 24.5 Å². The Balaban J connectivity index is 1.70. The lowest BCUT2D eigenvalue weighted by Crippen LogP contribution is -2.46. The van der Waals surface area contributed by atoms with Crippen LogP contribution in [0.5, 0.6) is 11.5 Å². The van der Waals surface area contributed by atoms with Gasteiger partial charge in [-0.05, 0) is 32.0 Å². The monoisotopic (exact) mass is 454 g/mol. The number of hydrogen-bond acceptors (Lipinski definition) is 7. The summed E-state index contributed by atoms with van der Waals surface area (Å²) in [6.45, 7) is 2.72. The van der Waals surface area contributed by atoms with E-state index < -0.39 is 58.2 Å². The Morgan fingerprint density at radius 3 is 2.38 bits per heavy atom. The number of carbonyl (C=O) groups is 2. The maximum atomic E-state index is 13.3. The predicted octanol–water partition coefficient (Wildman–Crippen LogP) is 3.71. The van der Waals surface area contributed by atoms with Crippen molar-refractivity contribution in [1.29, 1.82) is 0 Å². The molecule has 170 valence electrons. The van der Waals surface area contributed by atoms with Crippen molar-refractivity contribution in [2.75, 3.05) is 5.32 Å². The molecule has 9 nitrogen and oxygen atoms in total. The van der Waals surface area contributed by atoms with E-state index in [1.807, 2.05) is 5.32 Å². The lowest BCUT2D eigenvalue weighted by atomic mass is 10.1. The third kappa shape index (κ3) is 4.90. The first kappa shape index (κ1) is 22.8. The number of esters is 1. The summed E-state index contributed by atoms with van der Waals surface area (Å²) in [5.41, 5.74) is -2.91. The molecule has 0 spiro atoms. The molecule has 2 aromatic rings. The number of hydrogen-bond donors (Lipinski definition) is 1. The number of amides is 1. The second-order valence-electron chi connectivity index (χ2n) is 6.86. The number of ether oxygens (including phenoxy) is 3. The van der Waals surface area contributed by atoms with Crippen LogP contribution < -0.4 is 14.8 Å². The van der Waals surface area contributed by atoms with Gasteiger partial charge in [0.1, 0.15) is 6.10 Å². The maximum absolute atomic E-state index is 13.3. The van der Waals surface area contributed by atoms with E-state index in [0.29, 0.717) is 17.6 Å².